The Bertz CT molecular complexity index is 525. The molecule has 1 amide bonds. The van der Waals surface area contributed by atoms with Crippen molar-refractivity contribution >= 4 is 11.9 Å². The van der Waals surface area contributed by atoms with E-state index in [4.69, 9.17) is 10.4 Å². The number of carbonyl (C=O) groups is 2. The molecular formula is C13H13FN2O3. The van der Waals surface area contributed by atoms with Crippen molar-refractivity contribution < 1.29 is 19.1 Å². The lowest BCUT2D eigenvalue weighted by Crippen LogP contribution is -2.45. The molecule has 0 bridgehead atoms. The Morgan fingerprint density at radius 1 is 1.53 bits per heavy atom. The van der Waals surface area contributed by atoms with Gasteiger partial charge in [-0.2, -0.15) is 5.26 Å². The number of nitriles is 1. The van der Waals surface area contributed by atoms with Crippen LogP contribution in [0.5, 0.6) is 0 Å². The van der Waals surface area contributed by atoms with E-state index in [1.807, 2.05) is 6.07 Å². The molecule has 0 aromatic heterocycles. The third-order valence-electron chi connectivity index (χ3n) is 2.62. The van der Waals surface area contributed by atoms with Crippen LogP contribution in [-0.2, 0) is 4.79 Å². The molecule has 2 N–H and O–H groups in total. The molecule has 6 heteroatoms. The van der Waals surface area contributed by atoms with E-state index in [2.05, 4.69) is 5.32 Å². The Kier molecular flexibility index (Phi) is 5.01. The van der Waals surface area contributed by atoms with Crippen LogP contribution in [0.2, 0.25) is 0 Å². The zero-order chi connectivity index (χ0) is 14.4. The normalized spacial score (nSPS) is 13.1. The molecule has 0 fully saturated rings. The van der Waals surface area contributed by atoms with Gasteiger partial charge in [-0.15, -0.1) is 0 Å². The van der Waals surface area contributed by atoms with Gasteiger partial charge in [-0.3, -0.25) is 4.79 Å². The second-order valence-corrected chi connectivity index (χ2v) is 4.14. The van der Waals surface area contributed by atoms with E-state index in [1.54, 1.807) is 6.92 Å². The fourth-order valence-corrected chi connectivity index (χ4v) is 1.56. The topological polar surface area (TPSA) is 90.2 Å². The van der Waals surface area contributed by atoms with Crippen molar-refractivity contribution in [2.75, 3.05) is 0 Å². The van der Waals surface area contributed by atoms with Gasteiger partial charge in [-0.25, -0.2) is 9.18 Å². The molecule has 5 nitrogen and oxygen atoms in total. The monoisotopic (exact) mass is 264 g/mol. The van der Waals surface area contributed by atoms with Gasteiger partial charge < -0.3 is 10.4 Å². The number of carbonyl (C=O) groups excluding carboxylic acids is 1. The second kappa shape index (κ2) is 6.50. The summed E-state index contributed by atoms with van der Waals surface area (Å²) in [5, 5.41) is 19.9. The summed E-state index contributed by atoms with van der Waals surface area (Å²) in [6.45, 7) is 1.55. The number of rotatable bonds is 5. The van der Waals surface area contributed by atoms with Gasteiger partial charge in [-0.05, 0) is 18.2 Å². The Balaban J connectivity index is 2.83. The SMILES string of the molecule is C[C@@H](CC#N)[C@@H](NC(=O)c1cccc(F)c1)C(=O)O. The average molecular weight is 264 g/mol. The van der Waals surface area contributed by atoms with E-state index in [0.29, 0.717) is 0 Å². The second-order valence-electron chi connectivity index (χ2n) is 4.14. The minimum Gasteiger partial charge on any atom is -0.480 e. The van der Waals surface area contributed by atoms with Crippen LogP contribution >= 0.6 is 0 Å². The first kappa shape index (κ1) is 14.6. The largest absolute Gasteiger partial charge is 0.480 e. The van der Waals surface area contributed by atoms with Gasteiger partial charge in [0.25, 0.3) is 5.91 Å². The van der Waals surface area contributed by atoms with E-state index in [1.165, 1.54) is 18.2 Å². The highest BCUT2D eigenvalue weighted by molar-refractivity contribution is 5.96. The molecule has 19 heavy (non-hydrogen) atoms. The highest BCUT2D eigenvalue weighted by atomic mass is 19.1. The van der Waals surface area contributed by atoms with Gasteiger partial charge in [0.15, 0.2) is 0 Å². The van der Waals surface area contributed by atoms with E-state index in [0.717, 1.165) is 6.07 Å². The number of nitrogens with one attached hydrogen (secondary N) is 1. The molecule has 0 unspecified atom stereocenters. The summed E-state index contributed by atoms with van der Waals surface area (Å²) in [5.74, 6) is -3.03. The Labute approximate surface area is 109 Å². The Morgan fingerprint density at radius 2 is 2.21 bits per heavy atom. The first-order chi connectivity index (χ1) is 8.95. The average Bonchev–Trinajstić information content (AvgIpc) is 2.35. The van der Waals surface area contributed by atoms with Gasteiger partial charge in [-0.1, -0.05) is 13.0 Å². The van der Waals surface area contributed by atoms with Crippen molar-refractivity contribution in [2.45, 2.75) is 19.4 Å². The third-order valence-corrected chi connectivity index (χ3v) is 2.62. The lowest BCUT2D eigenvalue weighted by atomic mass is 9.98. The van der Waals surface area contributed by atoms with Crippen molar-refractivity contribution in [2.24, 2.45) is 5.92 Å². The molecule has 0 aliphatic heterocycles. The minimum absolute atomic E-state index is 0.000394. The predicted molar refractivity (Wildman–Crippen MR) is 64.7 cm³/mol. The molecule has 0 radical (unpaired) electrons. The number of carboxylic acid groups (broad SMARTS) is 1. The summed E-state index contributed by atoms with van der Waals surface area (Å²) in [4.78, 5) is 22.8. The van der Waals surface area contributed by atoms with Crippen LogP contribution in [0.25, 0.3) is 0 Å². The van der Waals surface area contributed by atoms with Crippen LogP contribution in [0.4, 0.5) is 4.39 Å². The number of aliphatic carboxylic acids is 1. The first-order valence-electron chi connectivity index (χ1n) is 5.62. The first-order valence-corrected chi connectivity index (χ1v) is 5.62. The molecule has 1 aromatic rings. The quantitative estimate of drug-likeness (QED) is 0.844. The summed E-state index contributed by atoms with van der Waals surface area (Å²) in [5.41, 5.74) is 0.0374. The molecular weight excluding hydrogens is 251 g/mol. The molecule has 1 aromatic carbocycles. The van der Waals surface area contributed by atoms with Crippen molar-refractivity contribution in [1.29, 1.82) is 5.26 Å². The third kappa shape index (κ3) is 4.07. The molecule has 0 heterocycles. The fraction of sp³-hybridized carbons (Fsp3) is 0.308. The van der Waals surface area contributed by atoms with Gasteiger partial charge in [0.05, 0.1) is 6.07 Å². The van der Waals surface area contributed by atoms with Gasteiger partial charge in [0.2, 0.25) is 0 Å². The molecule has 0 spiro atoms. The maximum atomic E-state index is 13.0. The van der Waals surface area contributed by atoms with Gasteiger partial charge >= 0.3 is 5.97 Å². The van der Waals surface area contributed by atoms with Crippen molar-refractivity contribution in [1.82, 2.24) is 5.32 Å². The summed E-state index contributed by atoms with van der Waals surface area (Å²) in [7, 11) is 0. The van der Waals surface area contributed by atoms with Crippen molar-refractivity contribution in [3.8, 4) is 6.07 Å². The van der Waals surface area contributed by atoms with E-state index >= 15 is 0 Å². The number of halogens is 1. The van der Waals surface area contributed by atoms with Crippen LogP contribution in [-0.4, -0.2) is 23.0 Å². The zero-order valence-corrected chi connectivity index (χ0v) is 10.3. The van der Waals surface area contributed by atoms with Crippen LogP contribution in [0, 0.1) is 23.1 Å². The highest BCUT2D eigenvalue weighted by Gasteiger charge is 2.26. The summed E-state index contributed by atoms with van der Waals surface area (Å²) in [6, 6.07) is 5.61. The van der Waals surface area contributed by atoms with E-state index < -0.39 is 29.7 Å². The van der Waals surface area contributed by atoms with Crippen molar-refractivity contribution in [3.63, 3.8) is 0 Å². The predicted octanol–water partition coefficient (Wildman–Crippen LogP) is 1.56. The standard InChI is InChI=1S/C13H13FN2O3/c1-8(5-6-15)11(13(18)19)16-12(17)9-3-2-4-10(14)7-9/h2-4,7-8,11H,5H2,1H3,(H,16,17)(H,18,19)/t8-,11+/m0/s1. The van der Waals surface area contributed by atoms with Crippen LogP contribution in [0.1, 0.15) is 23.7 Å². The molecule has 2 atom stereocenters. The number of hydrogen-bond donors (Lipinski definition) is 2. The minimum atomic E-state index is -1.23. The number of benzene rings is 1. The number of nitrogens with zero attached hydrogens (tertiary/aromatic N) is 1. The zero-order valence-electron chi connectivity index (χ0n) is 10.3. The highest BCUT2D eigenvalue weighted by Crippen LogP contribution is 2.10. The van der Waals surface area contributed by atoms with Crippen LogP contribution in [0.15, 0.2) is 24.3 Å². The summed E-state index contributed by atoms with van der Waals surface area (Å²) < 4.78 is 13.0. The van der Waals surface area contributed by atoms with E-state index in [-0.39, 0.29) is 12.0 Å². The number of hydrogen-bond acceptors (Lipinski definition) is 3. The fourth-order valence-electron chi connectivity index (χ4n) is 1.56. The smallest absolute Gasteiger partial charge is 0.326 e. The van der Waals surface area contributed by atoms with Crippen LogP contribution < -0.4 is 5.32 Å². The maximum Gasteiger partial charge on any atom is 0.326 e. The van der Waals surface area contributed by atoms with Crippen LogP contribution in [0.3, 0.4) is 0 Å². The summed E-state index contributed by atoms with van der Waals surface area (Å²) in [6.07, 6.45) is 0.000394. The van der Waals surface area contributed by atoms with Gasteiger partial charge in [0.1, 0.15) is 11.9 Å². The number of carboxylic acids is 1. The molecule has 0 aliphatic carbocycles. The maximum absolute atomic E-state index is 13.0. The number of amides is 1. The summed E-state index contributed by atoms with van der Waals surface area (Å²) >= 11 is 0. The van der Waals surface area contributed by atoms with Gasteiger partial charge in [0, 0.05) is 17.9 Å². The molecule has 1 rings (SSSR count). The molecule has 100 valence electrons. The van der Waals surface area contributed by atoms with Crippen molar-refractivity contribution in [3.05, 3.63) is 35.6 Å². The van der Waals surface area contributed by atoms with E-state index in [9.17, 15) is 14.0 Å². The Hall–Kier alpha value is -2.42. The molecule has 0 aliphatic rings. The lowest BCUT2D eigenvalue weighted by molar-refractivity contribution is -0.140. The Morgan fingerprint density at radius 3 is 2.74 bits per heavy atom. The molecule has 0 saturated carbocycles. The molecule has 0 saturated heterocycles. The lowest BCUT2D eigenvalue weighted by Gasteiger charge is -2.19.